The number of hydrogen-bond acceptors (Lipinski definition) is 5. The van der Waals surface area contributed by atoms with E-state index in [4.69, 9.17) is 14.2 Å². The first-order valence-corrected chi connectivity index (χ1v) is 12.5. The number of nitrogens with zero attached hydrogens (tertiary/aromatic N) is 1. The van der Waals surface area contributed by atoms with Crippen LogP contribution >= 0.6 is 0 Å². The molecule has 3 aromatic carbocycles. The van der Waals surface area contributed by atoms with E-state index < -0.39 is 5.41 Å². The molecule has 0 bridgehead atoms. The van der Waals surface area contributed by atoms with Crippen molar-refractivity contribution >= 4 is 11.7 Å². The van der Waals surface area contributed by atoms with E-state index in [1.54, 1.807) is 0 Å². The number of aryl methyl sites for hydroxylation is 1. The molecule has 0 unspecified atom stereocenters. The molecule has 0 radical (unpaired) electrons. The van der Waals surface area contributed by atoms with E-state index in [2.05, 4.69) is 19.1 Å². The zero-order valence-corrected chi connectivity index (χ0v) is 20.4. The number of hydrogen-bond donors (Lipinski definition) is 0. The van der Waals surface area contributed by atoms with Gasteiger partial charge < -0.3 is 19.1 Å². The topological polar surface area (TPSA) is 65.1 Å². The number of ether oxygens (including phenoxy) is 3. The minimum absolute atomic E-state index is 0.0409. The Kier molecular flexibility index (Phi) is 5.76. The highest BCUT2D eigenvalue weighted by atomic mass is 16.7. The Balaban J connectivity index is 1.20. The van der Waals surface area contributed by atoms with Crippen molar-refractivity contribution in [1.29, 1.82) is 0 Å². The number of carbonyl (C=O) groups is 2. The summed E-state index contributed by atoms with van der Waals surface area (Å²) in [5.41, 5.74) is 5.54. The van der Waals surface area contributed by atoms with Crippen LogP contribution in [0.3, 0.4) is 0 Å². The fraction of sp³-hybridized carbons (Fsp3) is 0.333. The van der Waals surface area contributed by atoms with E-state index in [-0.39, 0.29) is 18.5 Å². The second-order valence-electron chi connectivity index (χ2n) is 9.88. The van der Waals surface area contributed by atoms with Crippen LogP contribution in [0, 0.1) is 6.92 Å². The van der Waals surface area contributed by atoms with Crippen LogP contribution < -0.4 is 9.47 Å². The van der Waals surface area contributed by atoms with E-state index in [9.17, 15) is 9.59 Å². The Morgan fingerprint density at radius 2 is 1.64 bits per heavy atom. The molecule has 2 aliphatic heterocycles. The molecule has 2 heterocycles. The molecule has 0 N–H and O–H groups in total. The predicted molar refractivity (Wildman–Crippen MR) is 136 cm³/mol. The van der Waals surface area contributed by atoms with Crippen molar-refractivity contribution in [2.45, 2.75) is 31.6 Å². The molecule has 1 aliphatic carbocycles. The highest BCUT2D eigenvalue weighted by Crippen LogP contribution is 2.51. The molecule has 0 spiro atoms. The molecular weight excluding hydrogens is 454 g/mol. The Labute approximate surface area is 210 Å². The van der Waals surface area contributed by atoms with Gasteiger partial charge in [-0.05, 0) is 71.8 Å². The third-order valence-corrected chi connectivity index (χ3v) is 7.62. The molecule has 6 nitrogen and oxygen atoms in total. The second kappa shape index (κ2) is 9.10. The fourth-order valence-electron chi connectivity index (χ4n) is 5.23. The Hall–Kier alpha value is -3.64. The smallest absolute Gasteiger partial charge is 0.254 e. The average molecular weight is 484 g/mol. The van der Waals surface area contributed by atoms with Gasteiger partial charge in [0, 0.05) is 25.1 Å². The van der Waals surface area contributed by atoms with Gasteiger partial charge in [-0.3, -0.25) is 9.59 Å². The molecule has 0 aromatic heterocycles. The Morgan fingerprint density at radius 3 is 2.39 bits per heavy atom. The largest absolute Gasteiger partial charge is 0.454 e. The van der Waals surface area contributed by atoms with E-state index in [0.717, 1.165) is 52.2 Å². The van der Waals surface area contributed by atoms with Gasteiger partial charge in [0.1, 0.15) is 5.78 Å². The number of Topliss-reactive ketones (excluding diaryl/α,β-unsaturated/α-hetero) is 1. The molecule has 6 rings (SSSR count). The molecule has 1 amide bonds. The Morgan fingerprint density at radius 1 is 0.889 bits per heavy atom. The molecule has 2 fully saturated rings. The molecule has 1 saturated carbocycles. The van der Waals surface area contributed by atoms with Crippen molar-refractivity contribution in [3.8, 4) is 22.6 Å². The number of carbonyl (C=O) groups excluding carboxylic acids is 2. The maximum Gasteiger partial charge on any atom is 0.254 e. The van der Waals surface area contributed by atoms with Gasteiger partial charge in [-0.15, -0.1) is 0 Å². The first kappa shape index (κ1) is 22.8. The van der Waals surface area contributed by atoms with Crippen LogP contribution in [-0.4, -0.2) is 49.7 Å². The summed E-state index contributed by atoms with van der Waals surface area (Å²) in [6.07, 6.45) is 2.11. The summed E-state index contributed by atoms with van der Waals surface area (Å²) in [6.45, 7) is 4.74. The molecule has 36 heavy (non-hydrogen) atoms. The summed E-state index contributed by atoms with van der Waals surface area (Å²) in [7, 11) is 0. The predicted octanol–water partition coefficient (Wildman–Crippen LogP) is 4.71. The number of morpholine rings is 1. The van der Waals surface area contributed by atoms with Gasteiger partial charge in [-0.1, -0.05) is 36.4 Å². The quantitative estimate of drug-likeness (QED) is 0.508. The third kappa shape index (κ3) is 4.16. The standard InChI is InChI=1S/C30H29NO5/c1-20-2-3-21(17-28(32)30(10-11-30)24-8-9-26-27(18-24)36-19-35-26)16-25(20)22-4-6-23(7-5-22)29(33)31-12-14-34-15-13-31/h2-9,16,18H,10-15,17,19H2,1H3. The zero-order chi connectivity index (χ0) is 24.7. The second-order valence-corrected chi connectivity index (χ2v) is 9.88. The Bertz CT molecular complexity index is 1320. The number of benzene rings is 3. The minimum Gasteiger partial charge on any atom is -0.454 e. The van der Waals surface area contributed by atoms with Gasteiger partial charge in [-0.25, -0.2) is 0 Å². The van der Waals surface area contributed by atoms with Gasteiger partial charge in [0.05, 0.1) is 18.6 Å². The van der Waals surface area contributed by atoms with Crippen LogP contribution in [0.4, 0.5) is 0 Å². The van der Waals surface area contributed by atoms with Gasteiger partial charge >= 0.3 is 0 Å². The lowest BCUT2D eigenvalue weighted by molar-refractivity contribution is -0.120. The lowest BCUT2D eigenvalue weighted by Gasteiger charge is -2.26. The lowest BCUT2D eigenvalue weighted by Crippen LogP contribution is -2.40. The van der Waals surface area contributed by atoms with Crippen molar-refractivity contribution in [1.82, 2.24) is 4.90 Å². The van der Waals surface area contributed by atoms with Crippen LogP contribution in [0.15, 0.2) is 60.7 Å². The van der Waals surface area contributed by atoms with E-state index in [0.29, 0.717) is 38.3 Å². The monoisotopic (exact) mass is 483 g/mol. The average Bonchev–Trinajstić information content (AvgIpc) is 3.60. The third-order valence-electron chi connectivity index (χ3n) is 7.62. The molecule has 1 saturated heterocycles. The van der Waals surface area contributed by atoms with E-state index in [1.165, 1.54) is 0 Å². The minimum atomic E-state index is -0.423. The first-order chi connectivity index (χ1) is 17.5. The number of rotatable bonds is 6. The normalized spacial score (nSPS) is 17.6. The maximum absolute atomic E-state index is 13.5. The summed E-state index contributed by atoms with van der Waals surface area (Å²) in [4.78, 5) is 28.1. The molecule has 184 valence electrons. The van der Waals surface area contributed by atoms with Crippen molar-refractivity contribution in [3.05, 3.63) is 82.9 Å². The molecular formula is C30H29NO5. The van der Waals surface area contributed by atoms with Gasteiger partial charge in [-0.2, -0.15) is 0 Å². The van der Waals surface area contributed by atoms with Crippen LogP contribution in [-0.2, 0) is 21.4 Å². The number of amides is 1. The zero-order valence-electron chi connectivity index (χ0n) is 20.4. The summed E-state index contributed by atoms with van der Waals surface area (Å²) in [5, 5.41) is 0. The molecule has 0 atom stereocenters. The number of fused-ring (bicyclic) bond motifs is 1. The SMILES string of the molecule is Cc1ccc(CC(=O)C2(c3ccc4c(c3)OCO4)CC2)cc1-c1ccc(C(=O)N2CCOCC2)cc1. The van der Waals surface area contributed by atoms with Crippen molar-refractivity contribution < 1.29 is 23.8 Å². The van der Waals surface area contributed by atoms with Crippen molar-refractivity contribution in [2.75, 3.05) is 33.1 Å². The van der Waals surface area contributed by atoms with Gasteiger partial charge in [0.2, 0.25) is 6.79 Å². The highest BCUT2D eigenvalue weighted by Gasteiger charge is 2.50. The van der Waals surface area contributed by atoms with E-state index in [1.807, 2.05) is 53.4 Å². The van der Waals surface area contributed by atoms with Crippen molar-refractivity contribution in [2.24, 2.45) is 0 Å². The van der Waals surface area contributed by atoms with Crippen LogP contribution in [0.1, 0.15) is 39.9 Å². The highest BCUT2D eigenvalue weighted by molar-refractivity contribution is 5.96. The van der Waals surface area contributed by atoms with Gasteiger partial charge in [0.15, 0.2) is 11.5 Å². The summed E-state index contributed by atoms with van der Waals surface area (Å²) < 4.78 is 16.3. The summed E-state index contributed by atoms with van der Waals surface area (Å²) in [5.74, 6) is 1.74. The van der Waals surface area contributed by atoms with E-state index >= 15 is 0 Å². The van der Waals surface area contributed by atoms with Crippen LogP contribution in [0.25, 0.3) is 11.1 Å². The molecule has 3 aromatic rings. The summed E-state index contributed by atoms with van der Waals surface area (Å²) in [6, 6.07) is 19.9. The van der Waals surface area contributed by atoms with Crippen LogP contribution in [0.5, 0.6) is 11.5 Å². The van der Waals surface area contributed by atoms with Crippen molar-refractivity contribution in [3.63, 3.8) is 0 Å². The summed E-state index contributed by atoms with van der Waals surface area (Å²) >= 11 is 0. The molecule has 6 heteroatoms. The fourth-order valence-corrected chi connectivity index (χ4v) is 5.23. The number of ketones is 1. The van der Waals surface area contributed by atoms with Crippen LogP contribution in [0.2, 0.25) is 0 Å². The lowest BCUT2D eigenvalue weighted by atomic mass is 9.87. The molecule has 3 aliphatic rings. The maximum atomic E-state index is 13.5. The first-order valence-electron chi connectivity index (χ1n) is 12.5. The van der Waals surface area contributed by atoms with Gasteiger partial charge in [0.25, 0.3) is 5.91 Å².